The molecule has 1 unspecified atom stereocenters. The number of aromatic nitrogens is 2. The predicted molar refractivity (Wildman–Crippen MR) is 133 cm³/mol. The summed E-state index contributed by atoms with van der Waals surface area (Å²) >= 11 is 0. The Morgan fingerprint density at radius 1 is 1.11 bits per heavy atom. The minimum absolute atomic E-state index is 0.123. The van der Waals surface area contributed by atoms with Crippen LogP contribution in [0.15, 0.2) is 59.4 Å². The summed E-state index contributed by atoms with van der Waals surface area (Å²) < 4.78 is 14.2. The van der Waals surface area contributed by atoms with E-state index in [9.17, 15) is 14.4 Å². The second-order valence-electron chi connectivity index (χ2n) is 8.48. The van der Waals surface area contributed by atoms with Crippen molar-refractivity contribution in [1.29, 1.82) is 0 Å². The van der Waals surface area contributed by atoms with E-state index in [1.54, 1.807) is 42.9 Å². The highest BCUT2D eigenvalue weighted by molar-refractivity contribution is 6.05. The van der Waals surface area contributed by atoms with Crippen molar-refractivity contribution in [2.45, 2.75) is 32.3 Å². The Hall–Kier alpha value is -3.69. The molecule has 0 radical (unpaired) electrons. The van der Waals surface area contributed by atoms with E-state index in [2.05, 4.69) is 10.6 Å². The third-order valence-corrected chi connectivity index (χ3v) is 6.00. The van der Waals surface area contributed by atoms with Crippen molar-refractivity contribution < 1.29 is 19.1 Å². The molecule has 184 valence electrons. The summed E-state index contributed by atoms with van der Waals surface area (Å²) in [5.41, 5.74) is 2.03. The van der Waals surface area contributed by atoms with Crippen molar-refractivity contribution in [3.63, 3.8) is 0 Å². The molecule has 2 N–H and O–H groups in total. The smallest absolute Gasteiger partial charge is 0.295 e. The molecule has 2 aromatic carbocycles. The zero-order chi connectivity index (χ0) is 24.8. The van der Waals surface area contributed by atoms with E-state index in [-0.39, 0.29) is 29.7 Å². The van der Waals surface area contributed by atoms with Crippen LogP contribution in [-0.2, 0) is 21.3 Å². The van der Waals surface area contributed by atoms with Crippen molar-refractivity contribution in [1.82, 2.24) is 9.36 Å². The lowest BCUT2D eigenvalue weighted by Crippen LogP contribution is -2.23. The van der Waals surface area contributed by atoms with E-state index in [1.807, 2.05) is 30.3 Å². The molecule has 9 nitrogen and oxygen atoms in total. The minimum Gasteiger partial charge on any atom is -0.378 e. The van der Waals surface area contributed by atoms with E-state index >= 15 is 0 Å². The summed E-state index contributed by atoms with van der Waals surface area (Å²) in [4.78, 5) is 38.3. The highest BCUT2D eigenvalue weighted by Crippen LogP contribution is 2.17. The van der Waals surface area contributed by atoms with Crippen LogP contribution in [0.1, 0.15) is 35.3 Å². The molecule has 1 aliphatic rings. The standard InChI is InChI=1S/C26H30N4O5/c1-18-24(26(33)30(29(18)2)21-10-4-3-5-11-21)28-25(32)19-8-6-9-20(16-19)27-23(31)13-15-34-17-22-12-7-14-35-22/h3-6,8-11,16,22H,7,12-15,17H2,1-2H3,(H,27,31)(H,28,32). The van der Waals surface area contributed by atoms with Crippen molar-refractivity contribution in [3.8, 4) is 5.69 Å². The van der Waals surface area contributed by atoms with Crippen LogP contribution in [0.3, 0.4) is 0 Å². The van der Waals surface area contributed by atoms with Crippen LogP contribution in [-0.4, -0.2) is 47.1 Å². The summed E-state index contributed by atoms with van der Waals surface area (Å²) in [5.74, 6) is -0.647. The van der Waals surface area contributed by atoms with Gasteiger partial charge in [-0.15, -0.1) is 0 Å². The maximum atomic E-state index is 13.1. The molecule has 1 atom stereocenters. The summed E-state index contributed by atoms with van der Waals surface area (Å²) in [7, 11) is 1.76. The Balaban J connectivity index is 1.37. The van der Waals surface area contributed by atoms with Gasteiger partial charge in [0.1, 0.15) is 5.69 Å². The van der Waals surface area contributed by atoms with E-state index in [1.165, 1.54) is 4.68 Å². The number of nitrogens with one attached hydrogen (secondary N) is 2. The molecule has 35 heavy (non-hydrogen) atoms. The van der Waals surface area contributed by atoms with Gasteiger partial charge in [-0.2, -0.15) is 0 Å². The minimum atomic E-state index is -0.438. The second-order valence-corrected chi connectivity index (χ2v) is 8.48. The topological polar surface area (TPSA) is 104 Å². The molecule has 0 saturated carbocycles. The van der Waals surface area contributed by atoms with Crippen molar-refractivity contribution >= 4 is 23.2 Å². The van der Waals surface area contributed by atoms with Gasteiger partial charge in [-0.3, -0.25) is 19.1 Å². The van der Waals surface area contributed by atoms with Gasteiger partial charge in [0.2, 0.25) is 5.91 Å². The molecular formula is C26H30N4O5. The average Bonchev–Trinajstić information content (AvgIpc) is 3.45. The van der Waals surface area contributed by atoms with Gasteiger partial charge in [0.05, 0.1) is 37.1 Å². The first kappa shape index (κ1) is 24.4. The molecule has 2 amide bonds. The van der Waals surface area contributed by atoms with Gasteiger partial charge in [-0.1, -0.05) is 24.3 Å². The Morgan fingerprint density at radius 3 is 2.66 bits per heavy atom. The van der Waals surface area contributed by atoms with Gasteiger partial charge in [0.15, 0.2) is 0 Å². The zero-order valence-corrected chi connectivity index (χ0v) is 20.0. The van der Waals surface area contributed by atoms with Gasteiger partial charge in [-0.05, 0) is 50.1 Å². The number of ether oxygens (including phenoxy) is 2. The van der Waals surface area contributed by atoms with E-state index in [4.69, 9.17) is 9.47 Å². The normalized spacial score (nSPS) is 15.2. The molecule has 3 aromatic rings. The molecule has 1 aromatic heterocycles. The number of nitrogens with zero attached hydrogens (tertiary/aromatic N) is 2. The molecule has 4 rings (SSSR count). The monoisotopic (exact) mass is 478 g/mol. The largest absolute Gasteiger partial charge is 0.378 e. The fourth-order valence-electron chi connectivity index (χ4n) is 4.02. The lowest BCUT2D eigenvalue weighted by Gasteiger charge is -2.10. The number of hydrogen-bond acceptors (Lipinski definition) is 5. The van der Waals surface area contributed by atoms with Crippen LogP contribution < -0.4 is 16.2 Å². The Kier molecular flexibility index (Phi) is 7.79. The number of amides is 2. The number of para-hydroxylation sites is 1. The van der Waals surface area contributed by atoms with Gasteiger partial charge in [0, 0.05) is 24.9 Å². The highest BCUT2D eigenvalue weighted by Gasteiger charge is 2.19. The molecule has 0 aliphatic carbocycles. The van der Waals surface area contributed by atoms with Crippen LogP contribution in [0.5, 0.6) is 0 Å². The first-order chi connectivity index (χ1) is 16.9. The highest BCUT2D eigenvalue weighted by atomic mass is 16.5. The van der Waals surface area contributed by atoms with Crippen LogP contribution in [0, 0.1) is 6.92 Å². The number of benzene rings is 2. The molecule has 1 aliphatic heterocycles. The first-order valence-corrected chi connectivity index (χ1v) is 11.7. The molecular weight excluding hydrogens is 448 g/mol. The number of carbonyl (C=O) groups is 2. The van der Waals surface area contributed by atoms with Crippen LogP contribution in [0.25, 0.3) is 5.69 Å². The SMILES string of the molecule is Cc1c(NC(=O)c2cccc(NC(=O)CCOCC3CCCO3)c2)c(=O)n(-c2ccccc2)n1C. The Labute approximate surface area is 203 Å². The van der Waals surface area contributed by atoms with Gasteiger partial charge in [-0.25, -0.2) is 4.68 Å². The molecule has 2 heterocycles. The van der Waals surface area contributed by atoms with E-state index in [0.29, 0.717) is 35.8 Å². The molecule has 9 heteroatoms. The summed E-state index contributed by atoms with van der Waals surface area (Å²) in [6, 6.07) is 15.8. The van der Waals surface area contributed by atoms with Gasteiger partial charge < -0.3 is 20.1 Å². The summed E-state index contributed by atoms with van der Waals surface area (Å²) in [6.45, 7) is 3.33. The van der Waals surface area contributed by atoms with Crippen LogP contribution >= 0.6 is 0 Å². The number of carbonyl (C=O) groups excluding carboxylic acids is 2. The predicted octanol–water partition coefficient (Wildman–Crippen LogP) is 3.26. The van der Waals surface area contributed by atoms with Gasteiger partial charge in [0.25, 0.3) is 11.5 Å². The quantitative estimate of drug-likeness (QED) is 0.460. The lowest BCUT2D eigenvalue weighted by atomic mass is 10.2. The maximum Gasteiger partial charge on any atom is 0.295 e. The number of anilines is 2. The van der Waals surface area contributed by atoms with Crippen LogP contribution in [0.4, 0.5) is 11.4 Å². The fourth-order valence-corrected chi connectivity index (χ4v) is 4.02. The second kappa shape index (κ2) is 11.2. The zero-order valence-electron chi connectivity index (χ0n) is 20.0. The third kappa shape index (κ3) is 5.87. The lowest BCUT2D eigenvalue weighted by molar-refractivity contribution is -0.117. The molecule has 1 fully saturated rings. The van der Waals surface area contributed by atoms with Gasteiger partial charge >= 0.3 is 0 Å². The molecule has 0 spiro atoms. The number of rotatable bonds is 9. The Morgan fingerprint density at radius 2 is 1.91 bits per heavy atom. The summed E-state index contributed by atoms with van der Waals surface area (Å²) in [5, 5.41) is 5.52. The van der Waals surface area contributed by atoms with Crippen LogP contribution in [0.2, 0.25) is 0 Å². The fraction of sp³-hybridized carbons (Fsp3) is 0.346. The molecule has 1 saturated heterocycles. The third-order valence-electron chi connectivity index (χ3n) is 6.00. The average molecular weight is 479 g/mol. The van der Waals surface area contributed by atoms with Crippen molar-refractivity contribution in [3.05, 3.63) is 76.2 Å². The number of hydrogen-bond donors (Lipinski definition) is 2. The molecule has 0 bridgehead atoms. The van der Waals surface area contributed by atoms with Crippen molar-refractivity contribution in [2.24, 2.45) is 7.05 Å². The first-order valence-electron chi connectivity index (χ1n) is 11.7. The van der Waals surface area contributed by atoms with Crippen molar-refractivity contribution in [2.75, 3.05) is 30.5 Å². The van der Waals surface area contributed by atoms with E-state index in [0.717, 1.165) is 19.4 Å². The Bertz CT molecular complexity index is 1240. The van der Waals surface area contributed by atoms with E-state index < -0.39 is 5.91 Å². The summed E-state index contributed by atoms with van der Waals surface area (Å²) in [6.07, 6.45) is 2.36. The maximum absolute atomic E-state index is 13.1.